The minimum Gasteiger partial charge on any atom is -0.383 e. The van der Waals surface area contributed by atoms with Crippen LogP contribution in [0, 0.1) is 11.8 Å². The molecule has 0 aromatic heterocycles. The summed E-state index contributed by atoms with van der Waals surface area (Å²) in [5.74, 6) is 1.24. The van der Waals surface area contributed by atoms with Gasteiger partial charge in [-0.1, -0.05) is 27.2 Å². The monoisotopic (exact) mass is 244 g/mol. The van der Waals surface area contributed by atoms with Crippen molar-refractivity contribution in [3.63, 3.8) is 0 Å². The summed E-state index contributed by atoms with van der Waals surface area (Å²) in [6.07, 6.45) is 1.71. The van der Waals surface area contributed by atoms with Gasteiger partial charge in [0.15, 0.2) is 0 Å². The quantitative estimate of drug-likeness (QED) is 0.571. The molecule has 2 N–H and O–H groups in total. The number of hydrogen-bond acceptors (Lipinski definition) is 3. The molecule has 4 heteroatoms. The fourth-order valence-electron chi connectivity index (χ4n) is 1.75. The van der Waals surface area contributed by atoms with Crippen LogP contribution in [-0.2, 0) is 9.53 Å². The van der Waals surface area contributed by atoms with Crippen molar-refractivity contribution in [3.05, 3.63) is 0 Å². The van der Waals surface area contributed by atoms with Crippen molar-refractivity contribution in [1.82, 2.24) is 10.6 Å². The van der Waals surface area contributed by atoms with E-state index in [2.05, 4.69) is 31.4 Å². The van der Waals surface area contributed by atoms with Gasteiger partial charge in [-0.2, -0.15) is 0 Å². The third kappa shape index (κ3) is 9.12. The summed E-state index contributed by atoms with van der Waals surface area (Å²) in [5, 5.41) is 6.13. The lowest BCUT2D eigenvalue weighted by atomic mass is 9.90. The van der Waals surface area contributed by atoms with Gasteiger partial charge in [0.05, 0.1) is 6.61 Å². The number of carbonyl (C=O) groups excluding carboxylic acids is 1. The molecule has 0 saturated carbocycles. The maximum atomic E-state index is 11.6. The van der Waals surface area contributed by atoms with Gasteiger partial charge in [0.2, 0.25) is 5.91 Å². The second-order valence-corrected chi connectivity index (χ2v) is 4.71. The summed E-state index contributed by atoms with van der Waals surface area (Å²) in [6.45, 7) is 9.52. The van der Waals surface area contributed by atoms with Crippen LogP contribution in [0.3, 0.4) is 0 Å². The first-order valence-corrected chi connectivity index (χ1v) is 6.58. The topological polar surface area (TPSA) is 50.4 Å². The highest BCUT2D eigenvalue weighted by molar-refractivity contribution is 5.76. The Morgan fingerprint density at radius 2 is 1.94 bits per heavy atom. The van der Waals surface area contributed by atoms with Gasteiger partial charge >= 0.3 is 0 Å². The van der Waals surface area contributed by atoms with Crippen LogP contribution in [-0.4, -0.2) is 39.3 Å². The highest BCUT2D eigenvalue weighted by Crippen LogP contribution is 2.18. The van der Waals surface area contributed by atoms with E-state index >= 15 is 0 Å². The number of carbonyl (C=O) groups is 1. The molecule has 0 aromatic carbocycles. The lowest BCUT2D eigenvalue weighted by molar-refractivity contribution is -0.122. The zero-order chi connectivity index (χ0) is 13.1. The number of rotatable bonds is 10. The van der Waals surface area contributed by atoms with E-state index in [0.29, 0.717) is 31.4 Å². The first-order chi connectivity index (χ1) is 8.11. The minimum absolute atomic E-state index is 0.166. The average molecular weight is 244 g/mol. The van der Waals surface area contributed by atoms with Crippen LogP contribution in [0.5, 0.6) is 0 Å². The van der Waals surface area contributed by atoms with Crippen LogP contribution in [0.1, 0.15) is 33.6 Å². The van der Waals surface area contributed by atoms with Gasteiger partial charge in [-0.05, 0) is 11.8 Å². The molecular formula is C13H28N2O2. The Morgan fingerprint density at radius 1 is 1.24 bits per heavy atom. The number of nitrogens with one attached hydrogen (secondary N) is 2. The predicted octanol–water partition coefficient (Wildman–Crippen LogP) is 1.41. The van der Waals surface area contributed by atoms with Crippen LogP contribution < -0.4 is 10.6 Å². The third-order valence-electron chi connectivity index (χ3n) is 3.02. The summed E-state index contributed by atoms with van der Waals surface area (Å²) < 4.78 is 4.91. The second-order valence-electron chi connectivity index (χ2n) is 4.71. The molecule has 1 atom stereocenters. The Labute approximate surface area is 105 Å². The summed E-state index contributed by atoms with van der Waals surface area (Å²) >= 11 is 0. The highest BCUT2D eigenvalue weighted by Gasteiger charge is 2.14. The van der Waals surface area contributed by atoms with Gasteiger partial charge in [0, 0.05) is 33.2 Å². The Morgan fingerprint density at radius 3 is 2.47 bits per heavy atom. The lowest BCUT2D eigenvalue weighted by Crippen LogP contribution is -2.34. The van der Waals surface area contributed by atoms with Gasteiger partial charge in [-0.3, -0.25) is 4.79 Å². The molecule has 0 rings (SSSR count). The smallest absolute Gasteiger partial charge is 0.220 e. The molecule has 0 aliphatic rings. The van der Waals surface area contributed by atoms with Gasteiger partial charge < -0.3 is 15.4 Å². The van der Waals surface area contributed by atoms with Crippen molar-refractivity contribution in [3.8, 4) is 0 Å². The Kier molecular flexibility index (Phi) is 10.2. The van der Waals surface area contributed by atoms with Crippen molar-refractivity contribution in [2.24, 2.45) is 11.8 Å². The molecule has 0 aliphatic heterocycles. The van der Waals surface area contributed by atoms with Gasteiger partial charge in [-0.15, -0.1) is 0 Å². The highest BCUT2D eigenvalue weighted by atomic mass is 16.5. The van der Waals surface area contributed by atoms with Crippen molar-refractivity contribution >= 4 is 5.91 Å². The minimum atomic E-state index is 0.166. The molecule has 17 heavy (non-hydrogen) atoms. The van der Waals surface area contributed by atoms with E-state index in [1.807, 2.05) is 0 Å². The van der Waals surface area contributed by atoms with Crippen molar-refractivity contribution < 1.29 is 9.53 Å². The Bertz CT molecular complexity index is 196. The molecule has 1 amide bonds. The van der Waals surface area contributed by atoms with E-state index < -0.39 is 0 Å². The molecule has 0 aromatic rings. The largest absolute Gasteiger partial charge is 0.383 e. The van der Waals surface area contributed by atoms with Crippen LogP contribution in [0.25, 0.3) is 0 Å². The first-order valence-electron chi connectivity index (χ1n) is 6.58. The normalized spacial score (nSPS) is 12.8. The third-order valence-corrected chi connectivity index (χ3v) is 3.02. The molecule has 0 heterocycles. The average Bonchev–Trinajstić information content (AvgIpc) is 2.30. The van der Waals surface area contributed by atoms with E-state index in [1.54, 1.807) is 7.11 Å². The Hall–Kier alpha value is -0.610. The summed E-state index contributed by atoms with van der Waals surface area (Å²) in [5.41, 5.74) is 0. The fourth-order valence-corrected chi connectivity index (χ4v) is 1.75. The molecule has 4 nitrogen and oxygen atoms in total. The van der Waals surface area contributed by atoms with Crippen molar-refractivity contribution in [1.29, 1.82) is 0 Å². The lowest BCUT2D eigenvalue weighted by Gasteiger charge is -2.18. The SMILES string of the molecule is CCC(CC(=O)NCCNCCOC)C(C)C. The maximum Gasteiger partial charge on any atom is 0.220 e. The Balaban J connectivity index is 3.52. The number of hydrogen-bond donors (Lipinski definition) is 2. The molecule has 0 saturated heterocycles. The number of methoxy groups -OCH3 is 1. The summed E-state index contributed by atoms with van der Waals surface area (Å²) in [7, 11) is 1.68. The van der Waals surface area contributed by atoms with Crippen LogP contribution in [0.15, 0.2) is 0 Å². The van der Waals surface area contributed by atoms with E-state index in [-0.39, 0.29) is 5.91 Å². The molecule has 0 fully saturated rings. The fraction of sp³-hybridized carbons (Fsp3) is 0.923. The molecular weight excluding hydrogens is 216 g/mol. The molecule has 1 unspecified atom stereocenters. The number of amides is 1. The molecule has 0 radical (unpaired) electrons. The van der Waals surface area contributed by atoms with Crippen LogP contribution in [0.2, 0.25) is 0 Å². The van der Waals surface area contributed by atoms with E-state index in [1.165, 1.54) is 0 Å². The maximum absolute atomic E-state index is 11.6. The van der Waals surface area contributed by atoms with Gasteiger partial charge in [0.1, 0.15) is 0 Å². The summed E-state index contributed by atoms with van der Waals surface area (Å²) in [6, 6.07) is 0. The van der Waals surface area contributed by atoms with E-state index in [9.17, 15) is 4.79 Å². The summed E-state index contributed by atoms with van der Waals surface area (Å²) in [4.78, 5) is 11.6. The number of ether oxygens (including phenoxy) is 1. The predicted molar refractivity (Wildman–Crippen MR) is 71.0 cm³/mol. The zero-order valence-electron chi connectivity index (χ0n) is 11.7. The second kappa shape index (κ2) is 10.5. The molecule has 0 aliphatic carbocycles. The first kappa shape index (κ1) is 16.4. The van der Waals surface area contributed by atoms with Gasteiger partial charge in [-0.25, -0.2) is 0 Å². The van der Waals surface area contributed by atoms with E-state index in [4.69, 9.17) is 4.74 Å². The van der Waals surface area contributed by atoms with Crippen molar-refractivity contribution in [2.45, 2.75) is 33.6 Å². The zero-order valence-corrected chi connectivity index (χ0v) is 11.7. The van der Waals surface area contributed by atoms with Gasteiger partial charge in [0.25, 0.3) is 0 Å². The molecule has 0 spiro atoms. The van der Waals surface area contributed by atoms with E-state index in [0.717, 1.165) is 19.5 Å². The molecule has 102 valence electrons. The van der Waals surface area contributed by atoms with Crippen LogP contribution >= 0.6 is 0 Å². The van der Waals surface area contributed by atoms with Crippen molar-refractivity contribution in [2.75, 3.05) is 33.4 Å². The standard InChI is InChI=1S/C13H28N2O2/c1-5-12(11(2)3)10-13(16)15-7-6-14-8-9-17-4/h11-12,14H,5-10H2,1-4H3,(H,15,16). The van der Waals surface area contributed by atoms with Crippen LogP contribution in [0.4, 0.5) is 0 Å². The molecule has 0 bridgehead atoms.